The standard InChI is InChI=1S/C15H20ClF3N2/c1-2-20-10-11-3-4-13(16)9-14(11)21-7-5-12(6-8-21)15(17,18)19/h3-4,9,12,20H,2,5-8,10H2,1H3. The van der Waals surface area contributed by atoms with Gasteiger partial charge >= 0.3 is 6.18 Å². The second-order valence-electron chi connectivity index (χ2n) is 5.36. The SMILES string of the molecule is CCNCc1ccc(Cl)cc1N1CCC(C(F)(F)F)CC1. The fraction of sp³-hybridized carbons (Fsp3) is 0.600. The Morgan fingerprint density at radius 1 is 1.29 bits per heavy atom. The lowest BCUT2D eigenvalue weighted by molar-refractivity contribution is -0.179. The van der Waals surface area contributed by atoms with Crippen molar-refractivity contribution in [3.05, 3.63) is 28.8 Å². The minimum atomic E-state index is -4.08. The Kier molecular flexibility index (Phi) is 5.38. The highest BCUT2D eigenvalue weighted by Gasteiger charge is 2.41. The van der Waals surface area contributed by atoms with E-state index in [1.807, 2.05) is 30.0 Å². The molecule has 0 unspecified atom stereocenters. The molecular formula is C15H20ClF3N2. The Balaban J connectivity index is 2.10. The summed E-state index contributed by atoms with van der Waals surface area (Å²) in [7, 11) is 0. The summed E-state index contributed by atoms with van der Waals surface area (Å²) in [5.74, 6) is -1.18. The van der Waals surface area contributed by atoms with E-state index in [0.717, 1.165) is 17.8 Å². The van der Waals surface area contributed by atoms with Crippen LogP contribution in [0, 0.1) is 5.92 Å². The van der Waals surface area contributed by atoms with Crippen LogP contribution >= 0.6 is 11.6 Å². The first-order valence-electron chi connectivity index (χ1n) is 7.22. The van der Waals surface area contributed by atoms with E-state index in [9.17, 15) is 13.2 Å². The van der Waals surface area contributed by atoms with E-state index < -0.39 is 12.1 Å². The van der Waals surface area contributed by atoms with Crippen molar-refractivity contribution in [2.24, 2.45) is 5.92 Å². The average Bonchev–Trinajstić information content (AvgIpc) is 2.45. The van der Waals surface area contributed by atoms with E-state index in [0.29, 0.717) is 24.7 Å². The van der Waals surface area contributed by atoms with Crippen LogP contribution in [0.25, 0.3) is 0 Å². The summed E-state index contributed by atoms with van der Waals surface area (Å²) in [5.41, 5.74) is 2.02. The van der Waals surface area contributed by atoms with Crippen molar-refractivity contribution in [2.45, 2.75) is 32.5 Å². The van der Waals surface area contributed by atoms with Crippen LogP contribution in [0.2, 0.25) is 5.02 Å². The van der Waals surface area contributed by atoms with Crippen molar-refractivity contribution in [2.75, 3.05) is 24.5 Å². The molecular weight excluding hydrogens is 301 g/mol. The summed E-state index contributed by atoms with van der Waals surface area (Å²) in [4.78, 5) is 2.01. The molecule has 1 fully saturated rings. The normalized spacial score (nSPS) is 17.3. The number of anilines is 1. The summed E-state index contributed by atoms with van der Waals surface area (Å²) >= 11 is 6.04. The minimum Gasteiger partial charge on any atom is -0.371 e. The third-order valence-corrected chi connectivity index (χ3v) is 4.15. The third-order valence-electron chi connectivity index (χ3n) is 3.91. The number of halogens is 4. The highest BCUT2D eigenvalue weighted by molar-refractivity contribution is 6.30. The number of hydrogen-bond acceptors (Lipinski definition) is 2. The predicted octanol–water partition coefficient (Wildman–Crippen LogP) is 4.23. The molecule has 0 spiro atoms. The molecule has 6 heteroatoms. The molecule has 0 saturated carbocycles. The van der Waals surface area contributed by atoms with Crippen molar-refractivity contribution in [3.8, 4) is 0 Å². The van der Waals surface area contributed by atoms with Crippen LogP contribution < -0.4 is 10.2 Å². The van der Waals surface area contributed by atoms with Gasteiger partial charge in [0, 0.05) is 30.3 Å². The lowest BCUT2D eigenvalue weighted by Crippen LogP contribution is -2.39. The van der Waals surface area contributed by atoms with Gasteiger partial charge in [-0.2, -0.15) is 13.2 Å². The number of nitrogens with zero attached hydrogens (tertiary/aromatic N) is 1. The first kappa shape index (κ1) is 16.4. The Labute approximate surface area is 128 Å². The van der Waals surface area contributed by atoms with Gasteiger partial charge in [-0.25, -0.2) is 0 Å². The summed E-state index contributed by atoms with van der Waals surface area (Å²) < 4.78 is 38.2. The molecule has 1 aliphatic heterocycles. The molecule has 1 saturated heterocycles. The van der Waals surface area contributed by atoms with Crippen molar-refractivity contribution < 1.29 is 13.2 Å². The van der Waals surface area contributed by atoms with Crippen LogP contribution in [0.15, 0.2) is 18.2 Å². The van der Waals surface area contributed by atoms with Gasteiger partial charge in [-0.15, -0.1) is 0 Å². The molecule has 1 heterocycles. The van der Waals surface area contributed by atoms with Gasteiger partial charge in [0.25, 0.3) is 0 Å². The molecule has 0 bridgehead atoms. The second kappa shape index (κ2) is 6.88. The zero-order chi connectivity index (χ0) is 15.5. The van der Waals surface area contributed by atoms with Crippen LogP contribution in [-0.2, 0) is 6.54 Å². The number of piperidine rings is 1. The molecule has 2 rings (SSSR count). The molecule has 1 N–H and O–H groups in total. The molecule has 1 aromatic rings. The highest BCUT2D eigenvalue weighted by Crippen LogP contribution is 2.36. The average molecular weight is 321 g/mol. The Morgan fingerprint density at radius 3 is 2.52 bits per heavy atom. The van der Waals surface area contributed by atoms with Crippen molar-refractivity contribution in [1.82, 2.24) is 5.32 Å². The first-order valence-corrected chi connectivity index (χ1v) is 7.60. The second-order valence-corrected chi connectivity index (χ2v) is 5.79. The largest absolute Gasteiger partial charge is 0.391 e. The molecule has 118 valence electrons. The number of hydrogen-bond donors (Lipinski definition) is 1. The minimum absolute atomic E-state index is 0.149. The Bertz CT molecular complexity index is 468. The molecule has 2 nitrogen and oxygen atoms in total. The quantitative estimate of drug-likeness (QED) is 0.893. The summed E-state index contributed by atoms with van der Waals surface area (Å²) in [5, 5.41) is 3.86. The third kappa shape index (κ3) is 4.27. The zero-order valence-corrected chi connectivity index (χ0v) is 12.8. The van der Waals surface area contributed by atoms with E-state index in [4.69, 9.17) is 11.6 Å². The van der Waals surface area contributed by atoms with E-state index in [1.165, 1.54) is 0 Å². The summed E-state index contributed by atoms with van der Waals surface area (Å²) in [6.45, 7) is 4.40. The van der Waals surface area contributed by atoms with E-state index in [2.05, 4.69) is 5.32 Å². The number of rotatable bonds is 4. The number of benzene rings is 1. The smallest absolute Gasteiger partial charge is 0.371 e. The molecule has 1 aromatic carbocycles. The monoisotopic (exact) mass is 320 g/mol. The summed E-state index contributed by atoms with van der Waals surface area (Å²) in [6.07, 6.45) is -3.78. The predicted molar refractivity (Wildman–Crippen MR) is 79.8 cm³/mol. The molecule has 1 aliphatic rings. The molecule has 0 amide bonds. The van der Waals surface area contributed by atoms with Gasteiger partial charge in [0.1, 0.15) is 0 Å². The maximum Gasteiger partial charge on any atom is 0.391 e. The lowest BCUT2D eigenvalue weighted by atomic mass is 9.95. The van der Waals surface area contributed by atoms with Gasteiger partial charge in [-0.05, 0) is 37.1 Å². The Hall–Kier alpha value is -0.940. The van der Waals surface area contributed by atoms with Gasteiger partial charge in [-0.3, -0.25) is 0 Å². The fourth-order valence-corrected chi connectivity index (χ4v) is 2.85. The van der Waals surface area contributed by atoms with Gasteiger partial charge < -0.3 is 10.2 Å². The van der Waals surface area contributed by atoms with Crippen molar-refractivity contribution in [1.29, 1.82) is 0 Å². The van der Waals surface area contributed by atoms with Crippen LogP contribution in [-0.4, -0.2) is 25.8 Å². The lowest BCUT2D eigenvalue weighted by Gasteiger charge is -2.35. The van der Waals surface area contributed by atoms with Gasteiger partial charge in [-0.1, -0.05) is 24.6 Å². The van der Waals surface area contributed by atoms with E-state index in [1.54, 1.807) is 0 Å². The molecule has 0 atom stereocenters. The maximum absolute atomic E-state index is 12.7. The van der Waals surface area contributed by atoms with Gasteiger partial charge in [0.05, 0.1) is 5.92 Å². The molecule has 0 aromatic heterocycles. The van der Waals surface area contributed by atoms with E-state index >= 15 is 0 Å². The summed E-state index contributed by atoms with van der Waals surface area (Å²) in [6, 6.07) is 5.61. The number of nitrogens with one attached hydrogen (secondary N) is 1. The Morgan fingerprint density at radius 2 is 1.95 bits per heavy atom. The van der Waals surface area contributed by atoms with Crippen molar-refractivity contribution >= 4 is 17.3 Å². The number of alkyl halides is 3. The first-order chi connectivity index (χ1) is 9.91. The zero-order valence-electron chi connectivity index (χ0n) is 12.0. The van der Waals surface area contributed by atoms with Crippen LogP contribution in [0.5, 0.6) is 0 Å². The maximum atomic E-state index is 12.7. The van der Waals surface area contributed by atoms with Crippen molar-refractivity contribution in [3.63, 3.8) is 0 Å². The van der Waals surface area contributed by atoms with Crippen LogP contribution in [0.4, 0.5) is 18.9 Å². The fourth-order valence-electron chi connectivity index (χ4n) is 2.69. The topological polar surface area (TPSA) is 15.3 Å². The van der Waals surface area contributed by atoms with E-state index in [-0.39, 0.29) is 12.8 Å². The molecule has 0 aliphatic carbocycles. The highest BCUT2D eigenvalue weighted by atomic mass is 35.5. The van der Waals surface area contributed by atoms with Crippen LogP contribution in [0.1, 0.15) is 25.3 Å². The van der Waals surface area contributed by atoms with Crippen LogP contribution in [0.3, 0.4) is 0 Å². The van der Waals surface area contributed by atoms with Gasteiger partial charge in [0.15, 0.2) is 0 Å². The molecule has 21 heavy (non-hydrogen) atoms. The van der Waals surface area contributed by atoms with Gasteiger partial charge in [0.2, 0.25) is 0 Å². The molecule has 0 radical (unpaired) electrons.